The molecule has 0 saturated heterocycles. The molecule has 182 valence electrons. The molecule has 0 aromatic heterocycles. The Kier molecular flexibility index (Phi) is 9.50. The summed E-state index contributed by atoms with van der Waals surface area (Å²) in [4.78, 5) is 6.94. The molecule has 1 fully saturated rings. The second kappa shape index (κ2) is 12.5. The number of halogens is 1. The Balaban J connectivity index is 1.79. The van der Waals surface area contributed by atoms with Crippen molar-refractivity contribution in [2.24, 2.45) is 4.99 Å². The van der Waals surface area contributed by atoms with Crippen LogP contribution in [-0.2, 0) is 6.42 Å². The summed E-state index contributed by atoms with van der Waals surface area (Å²) in [6.45, 7) is 14.7. The van der Waals surface area contributed by atoms with Gasteiger partial charge in [-0.15, -0.1) is 0 Å². The highest BCUT2D eigenvalue weighted by molar-refractivity contribution is 6.11. The first kappa shape index (κ1) is 25.7. The van der Waals surface area contributed by atoms with Crippen molar-refractivity contribution in [2.45, 2.75) is 84.2 Å². The molecule has 34 heavy (non-hydrogen) atoms. The lowest BCUT2D eigenvalue weighted by atomic mass is 9.95. The van der Waals surface area contributed by atoms with Crippen LogP contribution in [0.4, 0.5) is 4.39 Å². The number of rotatable bonds is 10. The van der Waals surface area contributed by atoms with Crippen molar-refractivity contribution in [1.29, 1.82) is 0 Å². The number of hydrogen-bond acceptors (Lipinski definition) is 3. The van der Waals surface area contributed by atoms with E-state index in [1.807, 2.05) is 25.3 Å². The van der Waals surface area contributed by atoms with Gasteiger partial charge in [0.1, 0.15) is 11.6 Å². The van der Waals surface area contributed by atoms with Crippen LogP contribution >= 0.6 is 0 Å². The molecule has 0 bridgehead atoms. The second-order valence-electron chi connectivity index (χ2n) is 9.30. The van der Waals surface area contributed by atoms with Gasteiger partial charge in [-0.25, -0.2) is 9.38 Å². The van der Waals surface area contributed by atoms with E-state index < -0.39 is 0 Å². The topological polar surface area (TPSA) is 27.6 Å². The number of aliphatic imine (C=N–C) groups is 1. The fourth-order valence-corrected chi connectivity index (χ4v) is 4.93. The third-order valence-electron chi connectivity index (χ3n) is 6.55. The molecule has 0 amide bonds. The fraction of sp³-hybridized carbons (Fsp3) is 0.433. The summed E-state index contributed by atoms with van der Waals surface area (Å²) in [5.41, 5.74) is 4.75. The van der Waals surface area contributed by atoms with Gasteiger partial charge < -0.3 is 10.2 Å². The zero-order valence-electron chi connectivity index (χ0n) is 21.1. The highest BCUT2D eigenvalue weighted by atomic mass is 19.1. The Hall–Kier alpha value is -2.88. The smallest absolute Gasteiger partial charge is 0.123 e. The summed E-state index contributed by atoms with van der Waals surface area (Å²) in [5.74, 6) is 0.533. The normalized spacial score (nSPS) is 18.4. The number of nitrogens with zero attached hydrogens (tertiary/aromatic N) is 2. The third kappa shape index (κ3) is 6.82. The number of nitrogens with one attached hydrogen (secondary N) is 1. The van der Waals surface area contributed by atoms with Gasteiger partial charge in [-0.1, -0.05) is 64.8 Å². The lowest BCUT2D eigenvalue weighted by Crippen LogP contribution is -2.30. The first-order valence-electron chi connectivity index (χ1n) is 12.8. The van der Waals surface area contributed by atoms with Gasteiger partial charge in [0, 0.05) is 23.5 Å². The van der Waals surface area contributed by atoms with Crippen molar-refractivity contribution in [3.05, 3.63) is 95.9 Å². The molecule has 1 aromatic rings. The van der Waals surface area contributed by atoms with Crippen LogP contribution in [0, 0.1) is 5.82 Å². The summed E-state index contributed by atoms with van der Waals surface area (Å²) >= 11 is 0. The van der Waals surface area contributed by atoms with E-state index in [0.29, 0.717) is 11.9 Å². The van der Waals surface area contributed by atoms with Crippen LogP contribution in [0.1, 0.15) is 82.9 Å². The van der Waals surface area contributed by atoms with Crippen LogP contribution in [0.3, 0.4) is 0 Å². The standard InChI is InChI=1S/C30H40FN3/c1-6-12-24-19-26(21-27(31)20-24)30(8-3)34-17-16-25(18-22(34)4)29(13-7-2)33-23(5)32-28-14-10-9-11-15-28/h7,13,16-21,28,30,32H,4-6,8-12,14-15H2,1-3H3/b13-7-,33-29?. The van der Waals surface area contributed by atoms with Crippen LogP contribution in [0.5, 0.6) is 0 Å². The van der Waals surface area contributed by atoms with Gasteiger partial charge in [-0.2, -0.15) is 0 Å². The van der Waals surface area contributed by atoms with Crippen molar-refractivity contribution in [2.75, 3.05) is 0 Å². The Labute approximate surface area is 205 Å². The maximum absolute atomic E-state index is 14.3. The molecule has 1 saturated carbocycles. The summed E-state index contributed by atoms with van der Waals surface area (Å²) in [6.07, 6.45) is 19.1. The average Bonchev–Trinajstić information content (AvgIpc) is 2.81. The maximum Gasteiger partial charge on any atom is 0.123 e. The van der Waals surface area contributed by atoms with Gasteiger partial charge in [0.05, 0.1) is 11.8 Å². The van der Waals surface area contributed by atoms with Gasteiger partial charge in [0.15, 0.2) is 0 Å². The highest BCUT2D eigenvalue weighted by Gasteiger charge is 2.22. The van der Waals surface area contributed by atoms with E-state index in [1.54, 1.807) is 12.1 Å². The number of allylic oxidation sites excluding steroid dienone is 5. The van der Waals surface area contributed by atoms with E-state index in [4.69, 9.17) is 4.99 Å². The molecule has 1 aliphatic carbocycles. The largest absolute Gasteiger partial charge is 0.368 e. The van der Waals surface area contributed by atoms with Gasteiger partial charge in [-0.05, 0) is 74.1 Å². The van der Waals surface area contributed by atoms with Crippen LogP contribution in [0.15, 0.2) is 83.9 Å². The molecule has 3 nitrogen and oxygen atoms in total. The minimum atomic E-state index is -0.172. The molecule has 2 aliphatic rings. The monoisotopic (exact) mass is 461 g/mol. The lowest BCUT2D eigenvalue weighted by molar-refractivity contribution is 0.343. The summed E-state index contributed by atoms with van der Waals surface area (Å²) in [7, 11) is 0. The zero-order valence-corrected chi connectivity index (χ0v) is 21.1. The molecule has 3 rings (SSSR count). The SMILES string of the molecule is C=C(N=C(/C=C\C)C1=CC(=C)N(C(CC)c2cc(F)cc(CCC)c2)C=C1)NC1CCCCC1. The molecule has 1 aliphatic heterocycles. The molecule has 0 spiro atoms. The van der Waals surface area contributed by atoms with Crippen molar-refractivity contribution >= 4 is 5.71 Å². The molecule has 1 unspecified atom stereocenters. The van der Waals surface area contributed by atoms with Crippen LogP contribution in [0.25, 0.3) is 0 Å². The average molecular weight is 462 g/mol. The van der Waals surface area contributed by atoms with Crippen molar-refractivity contribution in [3.63, 3.8) is 0 Å². The minimum absolute atomic E-state index is 0.0258. The first-order chi connectivity index (χ1) is 16.4. The Morgan fingerprint density at radius 1 is 1.24 bits per heavy atom. The second-order valence-corrected chi connectivity index (χ2v) is 9.30. The molecule has 1 atom stereocenters. The summed E-state index contributed by atoms with van der Waals surface area (Å²) in [5, 5.41) is 3.50. The Morgan fingerprint density at radius 2 is 2.00 bits per heavy atom. The van der Waals surface area contributed by atoms with E-state index in [0.717, 1.165) is 47.4 Å². The van der Waals surface area contributed by atoms with Crippen molar-refractivity contribution < 1.29 is 4.39 Å². The summed E-state index contributed by atoms with van der Waals surface area (Å²) in [6, 6.07) is 5.92. The van der Waals surface area contributed by atoms with Gasteiger partial charge in [0.25, 0.3) is 0 Å². The van der Waals surface area contributed by atoms with E-state index in [9.17, 15) is 4.39 Å². The highest BCUT2D eigenvalue weighted by Crippen LogP contribution is 2.32. The maximum atomic E-state index is 14.3. The Bertz CT molecular complexity index is 992. The number of aryl methyl sites for hydroxylation is 1. The predicted octanol–water partition coefficient (Wildman–Crippen LogP) is 7.91. The summed E-state index contributed by atoms with van der Waals surface area (Å²) < 4.78 is 14.3. The molecule has 1 aromatic carbocycles. The number of benzene rings is 1. The Morgan fingerprint density at radius 3 is 2.65 bits per heavy atom. The predicted molar refractivity (Wildman–Crippen MR) is 143 cm³/mol. The first-order valence-corrected chi connectivity index (χ1v) is 12.8. The molecule has 0 radical (unpaired) electrons. The van der Waals surface area contributed by atoms with E-state index >= 15 is 0 Å². The molecule has 1 N–H and O–H groups in total. The van der Waals surface area contributed by atoms with Crippen LogP contribution < -0.4 is 5.32 Å². The molecule has 4 heteroatoms. The molecular formula is C30H40FN3. The quantitative estimate of drug-likeness (QED) is 0.359. The molecule has 1 heterocycles. The zero-order chi connectivity index (χ0) is 24.5. The van der Waals surface area contributed by atoms with Gasteiger partial charge >= 0.3 is 0 Å². The van der Waals surface area contributed by atoms with Gasteiger partial charge in [-0.3, -0.25) is 0 Å². The fourth-order valence-electron chi connectivity index (χ4n) is 4.93. The van der Waals surface area contributed by atoms with Crippen LogP contribution in [0.2, 0.25) is 0 Å². The van der Waals surface area contributed by atoms with Crippen molar-refractivity contribution in [3.8, 4) is 0 Å². The third-order valence-corrected chi connectivity index (χ3v) is 6.55. The van der Waals surface area contributed by atoms with Crippen molar-refractivity contribution in [1.82, 2.24) is 10.2 Å². The lowest BCUT2D eigenvalue weighted by Gasteiger charge is -2.33. The van der Waals surface area contributed by atoms with E-state index in [-0.39, 0.29) is 11.9 Å². The van der Waals surface area contributed by atoms with Crippen LogP contribution in [-0.4, -0.2) is 16.7 Å². The van der Waals surface area contributed by atoms with Gasteiger partial charge in [0.2, 0.25) is 0 Å². The minimum Gasteiger partial charge on any atom is -0.368 e. The van der Waals surface area contributed by atoms with E-state index in [1.165, 1.54) is 32.1 Å². The van der Waals surface area contributed by atoms with E-state index in [2.05, 4.69) is 55.4 Å². The number of hydrogen-bond donors (Lipinski definition) is 1. The molecular weight excluding hydrogens is 421 g/mol.